The number of ether oxygens (including phenoxy) is 1. The molecule has 100 valence electrons. The number of aromatic nitrogens is 2. The van der Waals surface area contributed by atoms with Crippen LogP contribution in [0.3, 0.4) is 0 Å². The van der Waals surface area contributed by atoms with Crippen LogP contribution in [0.5, 0.6) is 0 Å². The molecule has 4 atom stereocenters. The smallest absolute Gasteiger partial charge is 0.164 e. The normalized spacial score (nSPS) is 35.7. The SMILES string of the molecule is OC[C@H]1O[C@H](n2cnc3c2CCCC3)[C@H](O)[C@@H]1O. The van der Waals surface area contributed by atoms with Crippen molar-refractivity contribution in [2.24, 2.45) is 0 Å². The number of aliphatic hydroxyl groups excluding tert-OH is 3. The highest BCUT2D eigenvalue weighted by atomic mass is 16.6. The minimum atomic E-state index is -1.05. The Bertz CT molecular complexity index is 434. The molecule has 1 aliphatic heterocycles. The minimum absolute atomic E-state index is 0.300. The zero-order valence-electron chi connectivity index (χ0n) is 10.1. The van der Waals surface area contributed by atoms with Gasteiger partial charge in [0.2, 0.25) is 0 Å². The predicted molar refractivity (Wildman–Crippen MR) is 61.9 cm³/mol. The van der Waals surface area contributed by atoms with E-state index in [1.165, 1.54) is 0 Å². The molecule has 2 heterocycles. The van der Waals surface area contributed by atoms with Crippen molar-refractivity contribution in [2.75, 3.05) is 6.61 Å². The van der Waals surface area contributed by atoms with Crippen LogP contribution in [0, 0.1) is 0 Å². The summed E-state index contributed by atoms with van der Waals surface area (Å²) >= 11 is 0. The fourth-order valence-corrected chi connectivity index (χ4v) is 2.82. The standard InChI is InChI=1S/C12H18N2O4/c15-5-9-10(16)11(17)12(18-9)14-6-13-7-3-1-2-4-8(7)14/h6,9-12,15-17H,1-5H2/t9-,10-,11-,12+/m1/s1. The van der Waals surface area contributed by atoms with E-state index in [1.807, 2.05) is 0 Å². The van der Waals surface area contributed by atoms with Crippen LogP contribution >= 0.6 is 0 Å². The van der Waals surface area contributed by atoms with E-state index < -0.39 is 24.5 Å². The monoisotopic (exact) mass is 254 g/mol. The van der Waals surface area contributed by atoms with Crippen molar-refractivity contribution < 1.29 is 20.1 Å². The second-order valence-corrected chi connectivity index (χ2v) is 4.98. The van der Waals surface area contributed by atoms with Gasteiger partial charge in [-0.2, -0.15) is 0 Å². The highest BCUT2D eigenvalue weighted by molar-refractivity contribution is 5.17. The van der Waals surface area contributed by atoms with E-state index in [0.29, 0.717) is 0 Å². The lowest BCUT2D eigenvalue weighted by molar-refractivity contribution is -0.0540. The molecule has 0 saturated carbocycles. The molecule has 2 aliphatic rings. The lowest BCUT2D eigenvalue weighted by Gasteiger charge is -2.21. The summed E-state index contributed by atoms with van der Waals surface area (Å²) in [5.74, 6) is 0. The largest absolute Gasteiger partial charge is 0.394 e. The summed E-state index contributed by atoms with van der Waals surface area (Å²) in [5.41, 5.74) is 2.13. The van der Waals surface area contributed by atoms with Crippen molar-refractivity contribution >= 4 is 0 Å². The summed E-state index contributed by atoms with van der Waals surface area (Å²) in [6, 6.07) is 0. The van der Waals surface area contributed by atoms with E-state index in [9.17, 15) is 10.2 Å². The first kappa shape index (κ1) is 12.1. The Balaban J connectivity index is 1.89. The van der Waals surface area contributed by atoms with Gasteiger partial charge in [-0.15, -0.1) is 0 Å². The lowest BCUT2D eigenvalue weighted by Crippen LogP contribution is -2.33. The first-order valence-electron chi connectivity index (χ1n) is 6.39. The molecule has 6 heteroatoms. The van der Waals surface area contributed by atoms with E-state index in [1.54, 1.807) is 10.9 Å². The molecule has 0 amide bonds. The summed E-state index contributed by atoms with van der Waals surface area (Å²) in [5, 5.41) is 28.8. The molecule has 0 radical (unpaired) electrons. The molecule has 0 spiro atoms. The fourth-order valence-electron chi connectivity index (χ4n) is 2.82. The summed E-state index contributed by atoms with van der Waals surface area (Å²) in [6.45, 7) is -0.300. The number of aliphatic hydroxyl groups is 3. The average molecular weight is 254 g/mol. The van der Waals surface area contributed by atoms with Gasteiger partial charge in [0.15, 0.2) is 6.23 Å². The lowest BCUT2D eigenvalue weighted by atomic mass is 10.0. The molecule has 18 heavy (non-hydrogen) atoms. The number of hydrogen-bond acceptors (Lipinski definition) is 5. The number of rotatable bonds is 2. The highest BCUT2D eigenvalue weighted by Gasteiger charge is 2.44. The second-order valence-electron chi connectivity index (χ2n) is 4.98. The molecule has 0 bridgehead atoms. The number of fused-ring (bicyclic) bond motifs is 1. The first-order valence-corrected chi connectivity index (χ1v) is 6.39. The number of imidazole rings is 1. The van der Waals surface area contributed by atoms with Crippen molar-refractivity contribution in [3.05, 3.63) is 17.7 Å². The van der Waals surface area contributed by atoms with Crippen LogP contribution in [0.4, 0.5) is 0 Å². The van der Waals surface area contributed by atoms with Crippen LogP contribution in [0.25, 0.3) is 0 Å². The average Bonchev–Trinajstić information content (AvgIpc) is 2.93. The molecule has 3 rings (SSSR count). The van der Waals surface area contributed by atoms with Gasteiger partial charge in [0, 0.05) is 5.69 Å². The van der Waals surface area contributed by atoms with Crippen molar-refractivity contribution in [2.45, 2.75) is 50.2 Å². The molecule has 3 N–H and O–H groups in total. The zero-order valence-corrected chi connectivity index (χ0v) is 10.1. The third-order valence-electron chi connectivity index (χ3n) is 3.85. The maximum absolute atomic E-state index is 10.00. The molecule has 1 aromatic heterocycles. The number of aryl methyl sites for hydroxylation is 1. The molecule has 1 fully saturated rings. The minimum Gasteiger partial charge on any atom is -0.394 e. The van der Waals surface area contributed by atoms with Gasteiger partial charge >= 0.3 is 0 Å². The highest BCUT2D eigenvalue weighted by Crippen LogP contribution is 2.32. The Morgan fingerprint density at radius 2 is 2.06 bits per heavy atom. The number of hydrogen-bond donors (Lipinski definition) is 3. The van der Waals surface area contributed by atoms with Gasteiger partial charge in [0.25, 0.3) is 0 Å². The van der Waals surface area contributed by atoms with Gasteiger partial charge in [-0.05, 0) is 25.7 Å². The molecule has 0 aromatic carbocycles. The third kappa shape index (κ3) is 1.76. The molecule has 0 unspecified atom stereocenters. The molecule has 1 saturated heterocycles. The van der Waals surface area contributed by atoms with Gasteiger partial charge < -0.3 is 24.6 Å². The van der Waals surface area contributed by atoms with Crippen LogP contribution in [-0.2, 0) is 17.6 Å². The maximum Gasteiger partial charge on any atom is 0.164 e. The van der Waals surface area contributed by atoms with Gasteiger partial charge in [-0.25, -0.2) is 4.98 Å². The topological polar surface area (TPSA) is 87.7 Å². The molecule has 1 aliphatic carbocycles. The molecular formula is C12H18N2O4. The Hall–Kier alpha value is -0.950. The third-order valence-corrected chi connectivity index (χ3v) is 3.85. The van der Waals surface area contributed by atoms with E-state index in [-0.39, 0.29) is 6.61 Å². The van der Waals surface area contributed by atoms with Gasteiger partial charge in [0.1, 0.15) is 18.3 Å². The van der Waals surface area contributed by atoms with Gasteiger partial charge in [-0.3, -0.25) is 0 Å². The summed E-state index contributed by atoms with van der Waals surface area (Å²) in [6.07, 6.45) is 2.32. The zero-order chi connectivity index (χ0) is 12.7. The van der Waals surface area contributed by atoms with Crippen molar-refractivity contribution in [3.63, 3.8) is 0 Å². The summed E-state index contributed by atoms with van der Waals surface area (Å²) in [4.78, 5) is 4.34. The Morgan fingerprint density at radius 1 is 1.28 bits per heavy atom. The summed E-state index contributed by atoms with van der Waals surface area (Å²) in [7, 11) is 0. The van der Waals surface area contributed by atoms with Crippen LogP contribution in [-0.4, -0.2) is 49.8 Å². The van der Waals surface area contributed by atoms with E-state index >= 15 is 0 Å². The van der Waals surface area contributed by atoms with Crippen LogP contribution in [0.2, 0.25) is 0 Å². The van der Waals surface area contributed by atoms with Crippen molar-refractivity contribution in [1.82, 2.24) is 9.55 Å². The molecule has 1 aromatic rings. The summed E-state index contributed by atoms with van der Waals surface area (Å²) < 4.78 is 7.32. The van der Waals surface area contributed by atoms with Gasteiger partial charge in [-0.1, -0.05) is 0 Å². The Labute approximate surface area is 105 Å². The number of nitrogens with zero attached hydrogens (tertiary/aromatic N) is 2. The van der Waals surface area contributed by atoms with Crippen LogP contribution in [0.1, 0.15) is 30.5 Å². The van der Waals surface area contributed by atoms with Crippen LogP contribution in [0.15, 0.2) is 6.33 Å². The van der Waals surface area contributed by atoms with E-state index in [0.717, 1.165) is 37.1 Å². The predicted octanol–water partition coefficient (Wildman–Crippen LogP) is -0.627. The fraction of sp³-hybridized carbons (Fsp3) is 0.750. The van der Waals surface area contributed by atoms with Crippen molar-refractivity contribution in [1.29, 1.82) is 0 Å². The first-order chi connectivity index (χ1) is 8.72. The van der Waals surface area contributed by atoms with E-state index in [4.69, 9.17) is 9.84 Å². The van der Waals surface area contributed by atoms with Crippen molar-refractivity contribution in [3.8, 4) is 0 Å². The van der Waals surface area contributed by atoms with Crippen LogP contribution < -0.4 is 0 Å². The van der Waals surface area contributed by atoms with E-state index in [2.05, 4.69) is 4.98 Å². The van der Waals surface area contributed by atoms with Gasteiger partial charge in [0.05, 0.1) is 18.6 Å². The maximum atomic E-state index is 10.00. The Morgan fingerprint density at radius 3 is 2.78 bits per heavy atom. The molecule has 6 nitrogen and oxygen atoms in total. The Kier molecular flexibility index (Phi) is 3.11. The quantitative estimate of drug-likeness (QED) is 0.654. The second kappa shape index (κ2) is 4.62. The molecular weight excluding hydrogens is 236 g/mol.